The lowest BCUT2D eigenvalue weighted by Gasteiger charge is -2.23. The number of halogens is 1. The molecule has 1 unspecified atom stereocenters. The molecule has 2 N–H and O–H groups in total. The summed E-state index contributed by atoms with van der Waals surface area (Å²) in [6.07, 6.45) is 2.39. The van der Waals surface area contributed by atoms with Crippen LogP contribution < -0.4 is 5.73 Å². The van der Waals surface area contributed by atoms with Crippen LogP contribution in [0.2, 0.25) is 0 Å². The Kier molecular flexibility index (Phi) is 3.59. The van der Waals surface area contributed by atoms with Gasteiger partial charge in [-0.3, -0.25) is 0 Å². The van der Waals surface area contributed by atoms with Gasteiger partial charge >= 0.3 is 0 Å². The number of benzene rings is 1. The second-order valence-corrected chi connectivity index (χ2v) is 6.37. The minimum absolute atomic E-state index is 0.0316. The van der Waals surface area contributed by atoms with Crippen molar-refractivity contribution in [2.24, 2.45) is 0 Å². The average Bonchev–Trinajstić information content (AvgIpc) is 2.81. The normalized spacial score (nSPS) is 21.3. The maximum absolute atomic E-state index is 13.7. The van der Waals surface area contributed by atoms with Gasteiger partial charge in [0.1, 0.15) is 10.7 Å². The number of sulfonamides is 1. The summed E-state index contributed by atoms with van der Waals surface area (Å²) in [5.41, 5.74) is 5.79. The fourth-order valence-corrected chi connectivity index (χ4v) is 4.25. The molecule has 1 heterocycles. The topological polar surface area (TPSA) is 63.4 Å². The van der Waals surface area contributed by atoms with Crippen molar-refractivity contribution in [3.8, 4) is 0 Å². The maximum Gasteiger partial charge on any atom is 0.246 e. The van der Waals surface area contributed by atoms with Crippen LogP contribution in [-0.2, 0) is 10.0 Å². The highest BCUT2D eigenvalue weighted by atomic mass is 32.2. The van der Waals surface area contributed by atoms with Gasteiger partial charge in [0, 0.05) is 18.3 Å². The summed E-state index contributed by atoms with van der Waals surface area (Å²) in [5, 5.41) is 0. The van der Waals surface area contributed by atoms with Gasteiger partial charge in [-0.1, -0.05) is 6.92 Å². The first-order valence-electron chi connectivity index (χ1n) is 6.03. The van der Waals surface area contributed by atoms with E-state index >= 15 is 0 Å². The maximum atomic E-state index is 13.7. The van der Waals surface area contributed by atoms with Crippen LogP contribution in [0.3, 0.4) is 0 Å². The number of anilines is 1. The standard InChI is InChI=1S/C12H17FN2O2S/c1-2-10-4-3-7-15(10)18(16,17)12-8-9(14)5-6-11(12)13/h5-6,8,10H,2-4,7,14H2,1H3. The van der Waals surface area contributed by atoms with Gasteiger partial charge in [-0.25, -0.2) is 12.8 Å². The Hall–Kier alpha value is -1.14. The molecule has 1 atom stereocenters. The van der Waals surface area contributed by atoms with E-state index in [0.29, 0.717) is 6.54 Å². The van der Waals surface area contributed by atoms with Gasteiger partial charge in [0.05, 0.1) is 0 Å². The molecule has 2 rings (SSSR count). The molecule has 0 spiro atoms. The van der Waals surface area contributed by atoms with E-state index < -0.39 is 15.8 Å². The van der Waals surface area contributed by atoms with E-state index in [2.05, 4.69) is 0 Å². The molecule has 1 aliphatic rings. The van der Waals surface area contributed by atoms with Crippen molar-refractivity contribution in [3.63, 3.8) is 0 Å². The lowest BCUT2D eigenvalue weighted by Crippen LogP contribution is -2.35. The third-order valence-electron chi connectivity index (χ3n) is 3.34. The third kappa shape index (κ3) is 2.22. The summed E-state index contributed by atoms with van der Waals surface area (Å²) in [7, 11) is -3.77. The van der Waals surface area contributed by atoms with E-state index in [1.54, 1.807) is 0 Å². The van der Waals surface area contributed by atoms with E-state index in [-0.39, 0.29) is 16.6 Å². The zero-order chi connectivity index (χ0) is 13.3. The zero-order valence-electron chi connectivity index (χ0n) is 10.3. The van der Waals surface area contributed by atoms with Gasteiger partial charge in [-0.15, -0.1) is 0 Å². The predicted molar refractivity (Wildman–Crippen MR) is 68.0 cm³/mol. The smallest absolute Gasteiger partial charge is 0.246 e. The monoisotopic (exact) mass is 272 g/mol. The van der Waals surface area contributed by atoms with E-state index in [4.69, 9.17) is 5.73 Å². The first-order valence-corrected chi connectivity index (χ1v) is 7.47. The summed E-state index contributed by atoms with van der Waals surface area (Å²) in [4.78, 5) is -0.317. The quantitative estimate of drug-likeness (QED) is 0.856. The minimum atomic E-state index is -3.77. The fraction of sp³-hybridized carbons (Fsp3) is 0.500. The first-order chi connectivity index (χ1) is 8.46. The van der Waals surface area contributed by atoms with E-state index in [1.807, 2.05) is 6.92 Å². The molecule has 18 heavy (non-hydrogen) atoms. The van der Waals surface area contributed by atoms with Gasteiger partial charge in [-0.2, -0.15) is 4.31 Å². The number of nitrogens with zero attached hydrogens (tertiary/aromatic N) is 1. The summed E-state index contributed by atoms with van der Waals surface area (Å²) in [6, 6.07) is 3.61. The van der Waals surface area contributed by atoms with E-state index in [1.165, 1.54) is 16.4 Å². The molecule has 0 amide bonds. The van der Waals surface area contributed by atoms with Crippen LogP contribution in [0.4, 0.5) is 10.1 Å². The van der Waals surface area contributed by atoms with Crippen molar-refractivity contribution in [1.82, 2.24) is 4.31 Å². The minimum Gasteiger partial charge on any atom is -0.399 e. The molecule has 0 aliphatic carbocycles. The number of rotatable bonds is 3. The van der Waals surface area contributed by atoms with Gasteiger partial charge in [-0.05, 0) is 37.5 Å². The van der Waals surface area contributed by atoms with Crippen LogP contribution in [0.15, 0.2) is 23.1 Å². The Morgan fingerprint density at radius 3 is 2.89 bits per heavy atom. The molecular formula is C12H17FN2O2S. The number of hydrogen-bond acceptors (Lipinski definition) is 3. The molecule has 0 aromatic heterocycles. The molecule has 4 nitrogen and oxygen atoms in total. The lowest BCUT2D eigenvalue weighted by atomic mass is 10.2. The largest absolute Gasteiger partial charge is 0.399 e. The fourth-order valence-electron chi connectivity index (χ4n) is 2.38. The summed E-state index contributed by atoms with van der Waals surface area (Å²) in [6.45, 7) is 2.39. The highest BCUT2D eigenvalue weighted by Gasteiger charge is 2.35. The Morgan fingerprint density at radius 1 is 1.50 bits per heavy atom. The van der Waals surface area contributed by atoms with Crippen molar-refractivity contribution >= 4 is 15.7 Å². The van der Waals surface area contributed by atoms with Crippen LogP contribution in [0.5, 0.6) is 0 Å². The Balaban J connectivity index is 2.45. The molecule has 1 aromatic rings. The summed E-state index contributed by atoms with van der Waals surface area (Å²) >= 11 is 0. The molecule has 0 saturated carbocycles. The van der Waals surface area contributed by atoms with E-state index in [0.717, 1.165) is 25.3 Å². The van der Waals surface area contributed by atoms with Crippen LogP contribution in [0.25, 0.3) is 0 Å². The Bertz CT molecular complexity index is 545. The first kappa shape index (κ1) is 13.3. The predicted octanol–water partition coefficient (Wildman–Crippen LogP) is 1.97. The highest BCUT2D eigenvalue weighted by Crippen LogP contribution is 2.29. The van der Waals surface area contributed by atoms with Crippen molar-refractivity contribution in [2.75, 3.05) is 12.3 Å². The molecule has 6 heteroatoms. The second-order valence-electron chi connectivity index (χ2n) is 4.51. The van der Waals surface area contributed by atoms with Crippen molar-refractivity contribution in [2.45, 2.75) is 37.1 Å². The van der Waals surface area contributed by atoms with Crippen molar-refractivity contribution in [3.05, 3.63) is 24.0 Å². The molecule has 0 bridgehead atoms. The molecule has 0 radical (unpaired) electrons. The molecule has 1 saturated heterocycles. The molecule has 1 aliphatic heterocycles. The SMILES string of the molecule is CCC1CCCN1S(=O)(=O)c1cc(N)ccc1F. The van der Waals surface area contributed by atoms with Crippen molar-refractivity contribution < 1.29 is 12.8 Å². The summed E-state index contributed by atoms with van der Waals surface area (Å²) < 4.78 is 39.9. The van der Waals surface area contributed by atoms with Crippen molar-refractivity contribution in [1.29, 1.82) is 0 Å². The van der Waals surface area contributed by atoms with Gasteiger partial charge in [0.2, 0.25) is 10.0 Å². The average molecular weight is 272 g/mol. The molecular weight excluding hydrogens is 255 g/mol. The van der Waals surface area contributed by atoms with E-state index in [9.17, 15) is 12.8 Å². The Labute approximate surface area is 107 Å². The van der Waals surface area contributed by atoms with Crippen LogP contribution >= 0.6 is 0 Å². The van der Waals surface area contributed by atoms with Gasteiger partial charge in [0.25, 0.3) is 0 Å². The van der Waals surface area contributed by atoms with Crippen LogP contribution in [0.1, 0.15) is 26.2 Å². The number of nitrogens with two attached hydrogens (primary N) is 1. The molecule has 100 valence electrons. The lowest BCUT2D eigenvalue weighted by molar-refractivity contribution is 0.377. The zero-order valence-corrected chi connectivity index (χ0v) is 11.1. The van der Waals surface area contributed by atoms with Crippen LogP contribution in [-0.4, -0.2) is 25.3 Å². The van der Waals surface area contributed by atoms with Gasteiger partial charge < -0.3 is 5.73 Å². The Morgan fingerprint density at radius 2 is 2.22 bits per heavy atom. The highest BCUT2D eigenvalue weighted by molar-refractivity contribution is 7.89. The number of hydrogen-bond donors (Lipinski definition) is 1. The number of nitrogen functional groups attached to an aromatic ring is 1. The second kappa shape index (κ2) is 4.85. The summed E-state index contributed by atoms with van der Waals surface area (Å²) in [5.74, 6) is -0.744. The van der Waals surface area contributed by atoms with Crippen LogP contribution in [0, 0.1) is 5.82 Å². The third-order valence-corrected chi connectivity index (χ3v) is 5.30. The molecule has 1 aromatic carbocycles. The molecule has 1 fully saturated rings. The van der Waals surface area contributed by atoms with Gasteiger partial charge in [0.15, 0.2) is 0 Å².